The largest absolute Gasteiger partial charge is 0.112 e. The lowest BCUT2D eigenvalue weighted by atomic mass is 9.79. The minimum absolute atomic E-state index is 0.722. The lowest BCUT2D eigenvalue weighted by molar-refractivity contribution is 0.351. The van der Waals surface area contributed by atoms with Crippen LogP contribution in [0.25, 0.3) is 0 Å². The fourth-order valence-corrected chi connectivity index (χ4v) is 10.8. The van der Waals surface area contributed by atoms with Crippen molar-refractivity contribution >= 4 is 23.2 Å². The van der Waals surface area contributed by atoms with Gasteiger partial charge in [-0.25, -0.2) is 0 Å². The van der Waals surface area contributed by atoms with Crippen molar-refractivity contribution in [2.45, 2.75) is 51.4 Å². The maximum Gasteiger partial charge on any atom is 0.112 e. The van der Waals surface area contributed by atoms with Gasteiger partial charge in [-0.2, -0.15) is 0 Å². The molecule has 0 heterocycles. The molecule has 0 nitrogen and oxygen atoms in total. The molecule has 0 aliphatic heterocycles. The average Bonchev–Trinajstić information content (AvgIpc) is 2.94. The molecule has 0 bridgehead atoms. The van der Waals surface area contributed by atoms with Crippen molar-refractivity contribution in [1.29, 1.82) is 0 Å². The van der Waals surface area contributed by atoms with Gasteiger partial charge in [-0.15, -0.1) is 0 Å². The summed E-state index contributed by atoms with van der Waals surface area (Å²) in [7, 11) is -1.73. The van der Waals surface area contributed by atoms with Crippen LogP contribution in [0.1, 0.15) is 56.1 Å². The van der Waals surface area contributed by atoms with Crippen LogP contribution >= 0.6 is 7.26 Å². The predicted molar refractivity (Wildman–Crippen MR) is 155 cm³/mol. The molecule has 4 aromatic carbocycles. The van der Waals surface area contributed by atoms with Crippen LogP contribution < -0.4 is 15.9 Å². The summed E-state index contributed by atoms with van der Waals surface area (Å²) < 4.78 is 0. The first-order valence-corrected chi connectivity index (χ1v) is 15.4. The van der Waals surface area contributed by atoms with Crippen LogP contribution in [0.5, 0.6) is 0 Å². The quantitative estimate of drug-likeness (QED) is 0.226. The molecule has 1 aliphatic carbocycles. The van der Waals surface area contributed by atoms with E-state index in [9.17, 15) is 0 Å². The Balaban J connectivity index is 1.43. The molecule has 0 spiro atoms. The minimum Gasteiger partial charge on any atom is -0.0651 e. The molecule has 1 saturated carbocycles. The van der Waals surface area contributed by atoms with Crippen LogP contribution in [-0.2, 0) is 6.42 Å². The van der Waals surface area contributed by atoms with E-state index in [1.807, 2.05) is 0 Å². The topological polar surface area (TPSA) is 0 Å². The molecule has 0 N–H and O–H groups in total. The van der Waals surface area contributed by atoms with E-state index in [0.717, 1.165) is 11.8 Å². The van der Waals surface area contributed by atoms with Gasteiger partial charge in [0.1, 0.15) is 23.2 Å². The normalized spacial score (nSPS) is 18.3. The van der Waals surface area contributed by atoms with E-state index in [0.29, 0.717) is 0 Å². The van der Waals surface area contributed by atoms with Crippen LogP contribution in [0.2, 0.25) is 0 Å². The predicted octanol–water partition coefficient (Wildman–Crippen LogP) is 7.91. The summed E-state index contributed by atoms with van der Waals surface area (Å²) in [4.78, 5) is 0. The third-order valence-corrected chi connectivity index (χ3v) is 12.6. The summed E-state index contributed by atoms with van der Waals surface area (Å²) in [5, 5.41) is 4.56. The standard InChI is InChI=1S/C34H38P/c1-2-12-28-19-23-30(24-20-28)31-25-21-29(22-26-31)27-35(32-13-6-3-7-14-32,33-15-8-4-9-16-33)34-17-10-5-11-18-34/h3-11,13-20,23-24,29,31H,2,12,21-22,25-27H2,1H3/q+1. The molecule has 0 radical (unpaired) electrons. The van der Waals surface area contributed by atoms with Gasteiger partial charge >= 0.3 is 0 Å². The smallest absolute Gasteiger partial charge is 0.0651 e. The molecule has 4 aromatic rings. The third kappa shape index (κ3) is 5.29. The first kappa shape index (κ1) is 24.0. The SMILES string of the molecule is CCCc1ccc(C2CCC(C[P+](c3ccccc3)(c3ccccc3)c3ccccc3)CC2)cc1. The lowest BCUT2D eigenvalue weighted by Gasteiger charge is -2.34. The van der Waals surface area contributed by atoms with Crippen LogP contribution in [-0.4, -0.2) is 6.16 Å². The van der Waals surface area contributed by atoms with E-state index >= 15 is 0 Å². The van der Waals surface area contributed by atoms with Crippen molar-refractivity contribution in [3.05, 3.63) is 126 Å². The summed E-state index contributed by atoms with van der Waals surface area (Å²) in [6.07, 6.45) is 8.97. The number of rotatable bonds is 8. The van der Waals surface area contributed by atoms with Crippen LogP contribution in [0, 0.1) is 5.92 Å². The zero-order chi connectivity index (χ0) is 23.9. The van der Waals surface area contributed by atoms with Gasteiger partial charge in [-0.05, 0) is 91.5 Å². The molecule has 0 amide bonds. The molecule has 1 aliphatic rings. The second kappa shape index (κ2) is 11.4. The highest BCUT2D eigenvalue weighted by Gasteiger charge is 2.47. The molecule has 0 saturated heterocycles. The van der Waals surface area contributed by atoms with E-state index in [-0.39, 0.29) is 0 Å². The third-order valence-electron chi connectivity index (χ3n) is 7.96. The van der Waals surface area contributed by atoms with Crippen molar-refractivity contribution in [2.24, 2.45) is 5.92 Å². The Morgan fingerprint density at radius 1 is 0.571 bits per heavy atom. The number of benzene rings is 4. The molecule has 1 fully saturated rings. The fraction of sp³-hybridized carbons (Fsp3) is 0.294. The van der Waals surface area contributed by atoms with E-state index < -0.39 is 7.26 Å². The van der Waals surface area contributed by atoms with Crippen LogP contribution in [0.15, 0.2) is 115 Å². The zero-order valence-electron chi connectivity index (χ0n) is 21.0. The number of hydrogen-bond acceptors (Lipinski definition) is 0. The van der Waals surface area contributed by atoms with Crippen molar-refractivity contribution in [3.63, 3.8) is 0 Å². The second-order valence-corrected chi connectivity index (χ2v) is 13.7. The first-order valence-electron chi connectivity index (χ1n) is 13.4. The molecular weight excluding hydrogens is 439 g/mol. The van der Waals surface area contributed by atoms with Gasteiger partial charge in [-0.3, -0.25) is 0 Å². The molecule has 1 heteroatoms. The van der Waals surface area contributed by atoms with Gasteiger partial charge in [0.15, 0.2) is 0 Å². The highest BCUT2D eigenvalue weighted by Crippen LogP contribution is 2.58. The highest BCUT2D eigenvalue weighted by molar-refractivity contribution is 7.95. The van der Waals surface area contributed by atoms with Gasteiger partial charge in [0.25, 0.3) is 0 Å². The molecule has 35 heavy (non-hydrogen) atoms. The summed E-state index contributed by atoms with van der Waals surface area (Å²) in [5.74, 6) is 1.49. The molecule has 178 valence electrons. The summed E-state index contributed by atoms with van der Waals surface area (Å²) >= 11 is 0. The summed E-state index contributed by atoms with van der Waals surface area (Å²) in [6.45, 7) is 2.26. The number of hydrogen-bond donors (Lipinski definition) is 0. The zero-order valence-corrected chi connectivity index (χ0v) is 21.9. The van der Waals surface area contributed by atoms with Gasteiger partial charge in [0, 0.05) is 0 Å². The Bertz CT molecular complexity index is 1060. The molecular formula is C34H38P+. The van der Waals surface area contributed by atoms with Crippen molar-refractivity contribution in [2.75, 3.05) is 6.16 Å². The first-order chi connectivity index (χ1) is 17.3. The average molecular weight is 478 g/mol. The van der Waals surface area contributed by atoms with Gasteiger partial charge < -0.3 is 0 Å². The fourth-order valence-electron chi connectivity index (χ4n) is 6.12. The molecule has 0 unspecified atom stereocenters. The van der Waals surface area contributed by atoms with E-state index in [1.165, 1.54) is 66.2 Å². The Kier molecular flexibility index (Phi) is 7.80. The Hall–Kier alpha value is -2.69. The van der Waals surface area contributed by atoms with Gasteiger partial charge in [-0.1, -0.05) is 92.2 Å². The molecule has 0 aromatic heterocycles. The van der Waals surface area contributed by atoms with E-state index in [4.69, 9.17) is 0 Å². The lowest BCUT2D eigenvalue weighted by Crippen LogP contribution is -2.36. The van der Waals surface area contributed by atoms with E-state index in [1.54, 1.807) is 5.56 Å². The van der Waals surface area contributed by atoms with Crippen molar-refractivity contribution in [1.82, 2.24) is 0 Å². The summed E-state index contributed by atoms with van der Waals surface area (Å²) in [5.41, 5.74) is 3.03. The summed E-state index contributed by atoms with van der Waals surface area (Å²) in [6, 6.07) is 43.7. The Labute approximate surface area is 212 Å². The molecule has 5 rings (SSSR count). The monoisotopic (exact) mass is 477 g/mol. The van der Waals surface area contributed by atoms with Crippen molar-refractivity contribution in [3.8, 4) is 0 Å². The minimum atomic E-state index is -1.73. The maximum atomic E-state index is 2.41. The number of aryl methyl sites for hydroxylation is 1. The maximum absolute atomic E-state index is 2.41. The Morgan fingerprint density at radius 3 is 1.46 bits per heavy atom. The van der Waals surface area contributed by atoms with Crippen molar-refractivity contribution < 1.29 is 0 Å². The van der Waals surface area contributed by atoms with Gasteiger partial charge in [0.2, 0.25) is 0 Å². The Morgan fingerprint density at radius 2 is 1.03 bits per heavy atom. The van der Waals surface area contributed by atoms with Gasteiger partial charge in [0.05, 0.1) is 6.16 Å². The van der Waals surface area contributed by atoms with Crippen LogP contribution in [0.4, 0.5) is 0 Å². The van der Waals surface area contributed by atoms with E-state index in [2.05, 4.69) is 122 Å². The van der Waals surface area contributed by atoms with Crippen LogP contribution in [0.3, 0.4) is 0 Å². The molecule has 0 atom stereocenters. The highest BCUT2D eigenvalue weighted by atomic mass is 31.2. The second-order valence-electron chi connectivity index (χ2n) is 10.2.